The van der Waals surface area contributed by atoms with E-state index >= 15 is 0 Å². The maximum atomic E-state index is 12.3. The third kappa shape index (κ3) is 3.10. The number of aromatic amines is 1. The molecule has 1 aliphatic heterocycles. The molecule has 1 aromatic rings. The first-order valence-electron chi connectivity index (χ1n) is 6.45. The number of hydrogen-bond donors (Lipinski definition) is 2. The van der Waals surface area contributed by atoms with Crippen molar-refractivity contribution in [3.8, 4) is 0 Å². The summed E-state index contributed by atoms with van der Waals surface area (Å²) in [5.74, 6) is 0.746. The Morgan fingerprint density at radius 2 is 2.32 bits per heavy atom. The van der Waals surface area contributed by atoms with Crippen LogP contribution < -0.4 is 5.73 Å². The average Bonchev–Trinajstić information content (AvgIpc) is 2.87. The van der Waals surface area contributed by atoms with Crippen LogP contribution in [0.5, 0.6) is 0 Å². The Bertz CT molecular complexity index is 451. The average molecular weight is 267 g/mol. The Morgan fingerprint density at radius 3 is 2.89 bits per heavy atom. The molecule has 3 N–H and O–H groups in total. The van der Waals surface area contributed by atoms with Crippen molar-refractivity contribution in [2.45, 2.75) is 32.3 Å². The molecule has 1 unspecified atom stereocenters. The van der Waals surface area contributed by atoms with Crippen LogP contribution in [0.4, 0.5) is 0 Å². The summed E-state index contributed by atoms with van der Waals surface area (Å²) in [6, 6.07) is 0. The van der Waals surface area contributed by atoms with Crippen LogP contribution in [0, 0.1) is 0 Å². The van der Waals surface area contributed by atoms with Crippen LogP contribution in [0.15, 0.2) is 0 Å². The number of carbonyl (C=O) groups is 1. The van der Waals surface area contributed by atoms with Crippen LogP contribution in [-0.4, -0.2) is 58.3 Å². The highest BCUT2D eigenvalue weighted by Crippen LogP contribution is 2.18. The second-order valence-electron chi connectivity index (χ2n) is 5.74. The zero-order valence-corrected chi connectivity index (χ0v) is 11.6. The number of hydrogen-bond acceptors (Lipinski definition) is 5. The van der Waals surface area contributed by atoms with Crippen molar-refractivity contribution in [2.24, 2.45) is 5.73 Å². The summed E-state index contributed by atoms with van der Waals surface area (Å²) in [5, 5.41) is 6.84. The number of H-pyrrole nitrogens is 1. The summed E-state index contributed by atoms with van der Waals surface area (Å²) in [4.78, 5) is 18.3. The molecule has 0 aromatic carbocycles. The summed E-state index contributed by atoms with van der Waals surface area (Å²) in [5.41, 5.74) is 5.41. The standard InChI is InChI=1S/C12H21N5O2/c1-12(2,3)11-14-9(15-16-11)10(18)17-4-5-19-8(6-13)7-17/h8H,4-7,13H2,1-3H3,(H,14,15,16). The predicted molar refractivity (Wildman–Crippen MR) is 69.8 cm³/mol. The molecule has 106 valence electrons. The van der Waals surface area contributed by atoms with Gasteiger partial charge in [-0.1, -0.05) is 20.8 Å². The minimum atomic E-state index is -0.173. The maximum Gasteiger partial charge on any atom is 0.293 e. The highest BCUT2D eigenvalue weighted by Gasteiger charge is 2.28. The van der Waals surface area contributed by atoms with Crippen molar-refractivity contribution in [1.82, 2.24) is 20.1 Å². The zero-order chi connectivity index (χ0) is 14.0. The van der Waals surface area contributed by atoms with E-state index in [9.17, 15) is 4.79 Å². The van der Waals surface area contributed by atoms with Crippen molar-refractivity contribution in [3.63, 3.8) is 0 Å². The van der Waals surface area contributed by atoms with Gasteiger partial charge in [0, 0.05) is 25.0 Å². The van der Waals surface area contributed by atoms with Gasteiger partial charge in [-0.15, -0.1) is 5.10 Å². The van der Waals surface area contributed by atoms with E-state index in [1.807, 2.05) is 20.8 Å². The fourth-order valence-corrected chi connectivity index (χ4v) is 1.88. The molecule has 1 aliphatic rings. The van der Waals surface area contributed by atoms with E-state index < -0.39 is 0 Å². The Morgan fingerprint density at radius 1 is 1.58 bits per heavy atom. The lowest BCUT2D eigenvalue weighted by molar-refractivity contribution is -0.0171. The predicted octanol–water partition coefficient (Wildman–Crippen LogP) is -0.0981. The van der Waals surface area contributed by atoms with E-state index in [1.165, 1.54) is 0 Å². The summed E-state index contributed by atoms with van der Waals surface area (Å²) in [6.45, 7) is 8.00. The Labute approximate surface area is 112 Å². The largest absolute Gasteiger partial charge is 0.373 e. The number of ether oxygens (including phenoxy) is 1. The van der Waals surface area contributed by atoms with Gasteiger partial charge in [0.25, 0.3) is 5.91 Å². The molecule has 1 fully saturated rings. The van der Waals surface area contributed by atoms with Gasteiger partial charge in [-0.25, -0.2) is 4.98 Å². The van der Waals surface area contributed by atoms with Gasteiger partial charge in [-0.05, 0) is 0 Å². The second kappa shape index (κ2) is 5.26. The number of amides is 1. The van der Waals surface area contributed by atoms with Crippen LogP contribution in [0.1, 0.15) is 37.2 Å². The van der Waals surface area contributed by atoms with Crippen LogP contribution in [-0.2, 0) is 10.2 Å². The van der Waals surface area contributed by atoms with Crippen molar-refractivity contribution in [3.05, 3.63) is 11.6 Å². The van der Waals surface area contributed by atoms with Gasteiger partial charge in [0.2, 0.25) is 5.82 Å². The van der Waals surface area contributed by atoms with Crippen LogP contribution in [0.2, 0.25) is 0 Å². The molecule has 7 heteroatoms. The van der Waals surface area contributed by atoms with E-state index in [2.05, 4.69) is 15.2 Å². The second-order valence-corrected chi connectivity index (χ2v) is 5.74. The lowest BCUT2D eigenvalue weighted by atomic mass is 9.96. The van der Waals surface area contributed by atoms with E-state index in [-0.39, 0.29) is 23.3 Å². The minimum absolute atomic E-state index is 0.0984. The topological polar surface area (TPSA) is 97.1 Å². The molecular formula is C12H21N5O2. The van der Waals surface area contributed by atoms with Gasteiger partial charge < -0.3 is 15.4 Å². The van der Waals surface area contributed by atoms with Gasteiger partial charge in [0.15, 0.2) is 0 Å². The molecular weight excluding hydrogens is 246 g/mol. The first-order chi connectivity index (χ1) is 8.91. The number of carbonyl (C=O) groups excluding carboxylic acids is 1. The number of nitrogens with two attached hydrogens (primary N) is 1. The van der Waals surface area contributed by atoms with Crippen LogP contribution in [0.3, 0.4) is 0 Å². The Kier molecular flexibility index (Phi) is 3.86. The first-order valence-corrected chi connectivity index (χ1v) is 6.45. The summed E-state index contributed by atoms with van der Waals surface area (Å²) in [6.07, 6.45) is -0.0984. The van der Waals surface area contributed by atoms with Gasteiger partial charge in [-0.2, -0.15) is 0 Å². The fraction of sp³-hybridized carbons (Fsp3) is 0.750. The summed E-state index contributed by atoms with van der Waals surface area (Å²) in [7, 11) is 0. The van der Waals surface area contributed by atoms with Crippen molar-refractivity contribution < 1.29 is 9.53 Å². The third-order valence-electron chi connectivity index (χ3n) is 3.08. The SMILES string of the molecule is CC(C)(C)c1nc(C(=O)N2CCOC(CN)C2)n[nH]1. The Balaban J connectivity index is 2.09. The highest BCUT2D eigenvalue weighted by molar-refractivity contribution is 5.90. The van der Waals surface area contributed by atoms with Gasteiger partial charge >= 0.3 is 0 Å². The maximum absolute atomic E-state index is 12.3. The van der Waals surface area contributed by atoms with E-state index in [0.29, 0.717) is 32.1 Å². The molecule has 1 saturated heterocycles. The van der Waals surface area contributed by atoms with Crippen LogP contribution >= 0.6 is 0 Å². The van der Waals surface area contributed by atoms with Crippen LogP contribution in [0.25, 0.3) is 0 Å². The normalized spacial score (nSPS) is 20.6. The molecule has 1 aromatic heterocycles. The molecule has 2 rings (SSSR count). The third-order valence-corrected chi connectivity index (χ3v) is 3.08. The van der Waals surface area contributed by atoms with Crippen molar-refractivity contribution >= 4 is 5.91 Å². The number of nitrogens with one attached hydrogen (secondary N) is 1. The van der Waals surface area contributed by atoms with E-state index in [0.717, 1.165) is 0 Å². The first kappa shape index (κ1) is 14.0. The fourth-order valence-electron chi connectivity index (χ4n) is 1.88. The quantitative estimate of drug-likeness (QED) is 0.780. The number of aromatic nitrogens is 3. The summed E-state index contributed by atoms with van der Waals surface area (Å²) < 4.78 is 5.44. The number of nitrogens with zero attached hydrogens (tertiary/aromatic N) is 3. The molecule has 1 amide bonds. The van der Waals surface area contributed by atoms with Gasteiger partial charge in [-0.3, -0.25) is 9.89 Å². The minimum Gasteiger partial charge on any atom is -0.373 e. The molecule has 0 spiro atoms. The van der Waals surface area contributed by atoms with E-state index in [4.69, 9.17) is 10.5 Å². The number of morpholine rings is 1. The molecule has 0 radical (unpaired) electrons. The number of rotatable bonds is 2. The van der Waals surface area contributed by atoms with Gasteiger partial charge in [0.05, 0.1) is 12.7 Å². The smallest absolute Gasteiger partial charge is 0.293 e. The Hall–Kier alpha value is -1.47. The molecule has 0 bridgehead atoms. The monoisotopic (exact) mass is 267 g/mol. The van der Waals surface area contributed by atoms with Crippen molar-refractivity contribution in [1.29, 1.82) is 0 Å². The lowest BCUT2D eigenvalue weighted by Crippen LogP contribution is -2.48. The molecule has 0 aliphatic carbocycles. The zero-order valence-electron chi connectivity index (χ0n) is 11.6. The summed E-state index contributed by atoms with van der Waals surface area (Å²) >= 11 is 0. The highest BCUT2D eigenvalue weighted by atomic mass is 16.5. The van der Waals surface area contributed by atoms with Gasteiger partial charge in [0.1, 0.15) is 5.82 Å². The lowest BCUT2D eigenvalue weighted by Gasteiger charge is -2.31. The molecule has 2 heterocycles. The molecule has 19 heavy (non-hydrogen) atoms. The molecule has 7 nitrogen and oxygen atoms in total. The molecule has 0 saturated carbocycles. The van der Waals surface area contributed by atoms with E-state index in [1.54, 1.807) is 4.90 Å². The van der Waals surface area contributed by atoms with Crippen molar-refractivity contribution in [2.75, 3.05) is 26.2 Å². The molecule has 1 atom stereocenters.